The number of phenolic OH excluding ortho intramolecular Hbond substituents is 1. The van der Waals surface area contributed by atoms with Crippen LogP contribution in [0.1, 0.15) is 5.56 Å². The summed E-state index contributed by atoms with van der Waals surface area (Å²) in [5.74, 6) is 0.177. The fourth-order valence-electron chi connectivity index (χ4n) is 1.54. The van der Waals surface area contributed by atoms with Crippen molar-refractivity contribution in [3.05, 3.63) is 55.6 Å². The largest absolute Gasteiger partial charge is 0.508 e. The Morgan fingerprint density at radius 3 is 2.56 bits per heavy atom. The van der Waals surface area contributed by atoms with E-state index in [-0.39, 0.29) is 5.75 Å². The van der Waals surface area contributed by atoms with Gasteiger partial charge >= 0.3 is 0 Å². The third kappa shape index (κ3) is 3.22. The molecule has 0 aliphatic rings. The lowest BCUT2D eigenvalue weighted by Gasteiger charge is -2.11. The van der Waals surface area contributed by atoms with E-state index in [0.717, 1.165) is 9.26 Å². The Balaban J connectivity index is 2.16. The number of phenols is 1. The van der Waals surface area contributed by atoms with Crippen molar-refractivity contribution in [2.75, 3.05) is 5.32 Å². The van der Waals surface area contributed by atoms with Gasteiger partial charge in [-0.25, -0.2) is 0 Å². The summed E-state index contributed by atoms with van der Waals surface area (Å²) >= 11 is 14.3. The molecule has 2 aromatic rings. The SMILES string of the molecule is Oc1cccc(Cl)c1CNc1ccc(I)cc1Cl. The van der Waals surface area contributed by atoms with Crippen LogP contribution >= 0.6 is 45.8 Å². The fraction of sp³-hybridized carbons (Fsp3) is 0.0769. The molecule has 0 fully saturated rings. The van der Waals surface area contributed by atoms with Crippen molar-refractivity contribution in [3.63, 3.8) is 0 Å². The van der Waals surface area contributed by atoms with Gasteiger partial charge in [-0.2, -0.15) is 0 Å². The smallest absolute Gasteiger partial charge is 0.122 e. The Kier molecular flexibility index (Phi) is 4.59. The zero-order valence-electron chi connectivity index (χ0n) is 9.25. The molecule has 0 unspecified atom stereocenters. The summed E-state index contributed by atoms with van der Waals surface area (Å²) in [6.07, 6.45) is 0. The van der Waals surface area contributed by atoms with Crippen LogP contribution in [0, 0.1) is 3.57 Å². The maximum absolute atomic E-state index is 9.72. The van der Waals surface area contributed by atoms with Crippen molar-refractivity contribution < 1.29 is 5.11 Å². The van der Waals surface area contributed by atoms with E-state index in [4.69, 9.17) is 23.2 Å². The predicted octanol–water partition coefficient (Wildman–Crippen LogP) is 4.92. The van der Waals surface area contributed by atoms with Crippen molar-refractivity contribution in [1.82, 2.24) is 0 Å². The molecule has 0 radical (unpaired) electrons. The molecule has 0 saturated carbocycles. The molecular weight excluding hydrogens is 384 g/mol. The van der Waals surface area contributed by atoms with Crippen LogP contribution in [0.4, 0.5) is 5.69 Å². The standard InChI is InChI=1S/C13H10Cl2INO/c14-10-2-1-3-13(18)9(10)7-17-12-5-4-8(16)6-11(12)15/h1-6,17-18H,7H2. The van der Waals surface area contributed by atoms with Gasteiger partial charge in [-0.05, 0) is 52.9 Å². The first-order valence-corrected chi connectivity index (χ1v) is 7.06. The zero-order chi connectivity index (χ0) is 13.1. The van der Waals surface area contributed by atoms with Crippen molar-refractivity contribution in [2.45, 2.75) is 6.54 Å². The number of rotatable bonds is 3. The summed E-state index contributed by atoms with van der Waals surface area (Å²) in [6.45, 7) is 0.422. The zero-order valence-corrected chi connectivity index (χ0v) is 12.9. The molecule has 0 saturated heterocycles. The molecule has 0 aliphatic carbocycles. The first-order valence-electron chi connectivity index (χ1n) is 5.23. The fourth-order valence-corrected chi connectivity index (χ4v) is 2.70. The highest BCUT2D eigenvalue weighted by Gasteiger charge is 2.07. The van der Waals surface area contributed by atoms with Gasteiger partial charge in [0, 0.05) is 20.7 Å². The van der Waals surface area contributed by atoms with Crippen LogP contribution in [-0.4, -0.2) is 5.11 Å². The molecule has 0 bridgehead atoms. The van der Waals surface area contributed by atoms with E-state index < -0.39 is 0 Å². The van der Waals surface area contributed by atoms with Crippen LogP contribution in [0.25, 0.3) is 0 Å². The average Bonchev–Trinajstić information content (AvgIpc) is 2.31. The molecule has 18 heavy (non-hydrogen) atoms. The maximum Gasteiger partial charge on any atom is 0.122 e. The predicted molar refractivity (Wildman–Crippen MR) is 84.6 cm³/mol. The molecule has 2 rings (SSSR count). The van der Waals surface area contributed by atoms with Gasteiger partial charge in [0.1, 0.15) is 5.75 Å². The van der Waals surface area contributed by atoms with Gasteiger partial charge in [0.25, 0.3) is 0 Å². The van der Waals surface area contributed by atoms with Gasteiger partial charge in [0.05, 0.1) is 10.7 Å². The Morgan fingerprint density at radius 1 is 1.11 bits per heavy atom. The first-order chi connectivity index (χ1) is 8.58. The van der Waals surface area contributed by atoms with Crippen LogP contribution in [0.2, 0.25) is 10.0 Å². The minimum absolute atomic E-state index is 0.177. The number of anilines is 1. The van der Waals surface area contributed by atoms with Gasteiger partial charge < -0.3 is 10.4 Å². The van der Waals surface area contributed by atoms with E-state index in [2.05, 4.69) is 27.9 Å². The molecule has 0 atom stereocenters. The number of halogens is 3. The molecule has 2 aromatic carbocycles. The normalized spacial score (nSPS) is 10.4. The van der Waals surface area contributed by atoms with E-state index >= 15 is 0 Å². The minimum Gasteiger partial charge on any atom is -0.508 e. The molecule has 94 valence electrons. The van der Waals surface area contributed by atoms with Crippen molar-refractivity contribution >= 4 is 51.5 Å². The Labute approximate surface area is 129 Å². The van der Waals surface area contributed by atoms with Crippen LogP contribution < -0.4 is 5.32 Å². The summed E-state index contributed by atoms with van der Waals surface area (Å²) in [4.78, 5) is 0. The highest BCUT2D eigenvalue weighted by atomic mass is 127. The molecule has 0 aliphatic heterocycles. The highest BCUT2D eigenvalue weighted by molar-refractivity contribution is 14.1. The number of hydrogen-bond acceptors (Lipinski definition) is 2. The molecule has 0 heterocycles. The van der Waals surface area contributed by atoms with E-state index in [9.17, 15) is 5.11 Å². The van der Waals surface area contributed by atoms with Gasteiger partial charge in [-0.3, -0.25) is 0 Å². The highest BCUT2D eigenvalue weighted by Crippen LogP contribution is 2.28. The Hall–Kier alpha value is -0.650. The van der Waals surface area contributed by atoms with Crippen LogP contribution in [0.3, 0.4) is 0 Å². The second-order valence-corrected chi connectivity index (χ2v) is 5.78. The van der Waals surface area contributed by atoms with Crippen LogP contribution in [0.5, 0.6) is 5.75 Å². The monoisotopic (exact) mass is 393 g/mol. The van der Waals surface area contributed by atoms with Gasteiger partial charge in [-0.15, -0.1) is 0 Å². The summed E-state index contributed by atoms with van der Waals surface area (Å²) in [7, 11) is 0. The Bertz CT molecular complexity index is 555. The quantitative estimate of drug-likeness (QED) is 0.725. The van der Waals surface area contributed by atoms with E-state index in [1.807, 2.05) is 18.2 Å². The van der Waals surface area contributed by atoms with Crippen LogP contribution in [0.15, 0.2) is 36.4 Å². The maximum atomic E-state index is 9.72. The Morgan fingerprint density at radius 2 is 1.89 bits per heavy atom. The molecule has 2 N–H and O–H groups in total. The summed E-state index contributed by atoms with van der Waals surface area (Å²) < 4.78 is 1.07. The van der Waals surface area contributed by atoms with Crippen molar-refractivity contribution in [1.29, 1.82) is 0 Å². The number of hydrogen-bond donors (Lipinski definition) is 2. The molecule has 0 aromatic heterocycles. The first kappa shape index (κ1) is 13.8. The summed E-state index contributed by atoms with van der Waals surface area (Å²) in [5, 5.41) is 14.1. The molecular formula is C13H10Cl2INO. The molecule has 0 spiro atoms. The van der Waals surface area contributed by atoms with E-state index in [1.165, 1.54) is 0 Å². The van der Waals surface area contributed by atoms with E-state index in [1.54, 1.807) is 18.2 Å². The van der Waals surface area contributed by atoms with Gasteiger partial charge in [-0.1, -0.05) is 29.3 Å². The molecule has 5 heteroatoms. The lowest BCUT2D eigenvalue weighted by Crippen LogP contribution is -2.01. The molecule has 2 nitrogen and oxygen atoms in total. The second-order valence-electron chi connectivity index (χ2n) is 3.72. The summed E-state index contributed by atoms with van der Waals surface area (Å²) in [6, 6.07) is 10.8. The van der Waals surface area contributed by atoms with Gasteiger partial charge in [0.2, 0.25) is 0 Å². The summed E-state index contributed by atoms with van der Waals surface area (Å²) in [5.41, 5.74) is 1.48. The van der Waals surface area contributed by atoms with Crippen molar-refractivity contribution in [3.8, 4) is 5.75 Å². The third-order valence-electron chi connectivity index (χ3n) is 2.48. The van der Waals surface area contributed by atoms with Crippen molar-refractivity contribution in [2.24, 2.45) is 0 Å². The second kappa shape index (κ2) is 5.99. The van der Waals surface area contributed by atoms with Gasteiger partial charge in [0.15, 0.2) is 0 Å². The lowest BCUT2D eigenvalue weighted by atomic mass is 10.2. The number of aromatic hydroxyl groups is 1. The molecule has 0 amide bonds. The average molecular weight is 394 g/mol. The topological polar surface area (TPSA) is 32.3 Å². The minimum atomic E-state index is 0.177. The number of benzene rings is 2. The third-order valence-corrected chi connectivity index (χ3v) is 3.82. The van der Waals surface area contributed by atoms with E-state index in [0.29, 0.717) is 22.2 Å². The lowest BCUT2D eigenvalue weighted by molar-refractivity contribution is 0.469. The number of nitrogens with one attached hydrogen (secondary N) is 1. The van der Waals surface area contributed by atoms with Crippen LogP contribution in [-0.2, 0) is 6.54 Å².